The van der Waals surface area contributed by atoms with Gasteiger partial charge in [0.25, 0.3) is 0 Å². The largest absolute Gasteiger partial charge is 0.369 e. The minimum Gasteiger partial charge on any atom is -0.369 e. The molecule has 3 nitrogen and oxygen atoms in total. The monoisotopic (exact) mass is 313 g/mol. The summed E-state index contributed by atoms with van der Waals surface area (Å²) in [6.45, 7) is 0.655. The highest BCUT2D eigenvalue weighted by Gasteiger charge is 2.28. The lowest BCUT2D eigenvalue weighted by Gasteiger charge is -2.26. The van der Waals surface area contributed by atoms with E-state index < -0.39 is 17.7 Å². The molecule has 0 aliphatic carbocycles. The van der Waals surface area contributed by atoms with Crippen molar-refractivity contribution in [1.29, 1.82) is 0 Å². The van der Waals surface area contributed by atoms with Gasteiger partial charge in [0, 0.05) is 12.1 Å². The molecule has 0 amide bonds. The van der Waals surface area contributed by atoms with Crippen LogP contribution in [0.5, 0.6) is 0 Å². The molecule has 0 spiro atoms. The van der Waals surface area contributed by atoms with Gasteiger partial charge in [-0.05, 0) is 34.5 Å². The maximum Gasteiger partial charge on any atom is 0.139 e. The van der Waals surface area contributed by atoms with Crippen molar-refractivity contribution < 1.29 is 8.78 Å². The van der Waals surface area contributed by atoms with Crippen molar-refractivity contribution in [3.63, 3.8) is 0 Å². The third-order valence-corrected chi connectivity index (χ3v) is 3.67. The molecule has 1 aliphatic heterocycles. The molecule has 0 bridgehead atoms. The summed E-state index contributed by atoms with van der Waals surface area (Å²) in [6.07, 6.45) is 2.22. The van der Waals surface area contributed by atoms with E-state index in [0.717, 1.165) is 10.3 Å². The van der Waals surface area contributed by atoms with Crippen molar-refractivity contribution >= 4 is 21.7 Å². The lowest BCUT2D eigenvalue weighted by atomic mass is 10.0. The number of benzene rings is 1. The zero-order chi connectivity index (χ0) is 12.7. The number of rotatable bonds is 1. The lowest BCUT2D eigenvalue weighted by Crippen LogP contribution is -2.26. The fourth-order valence-electron chi connectivity index (χ4n) is 2.29. The first kappa shape index (κ1) is 11.6. The first-order valence-electron chi connectivity index (χ1n) is 5.59. The van der Waals surface area contributed by atoms with Crippen LogP contribution in [0.25, 0.3) is 0 Å². The summed E-state index contributed by atoms with van der Waals surface area (Å²) in [5.74, 6) is -0.298. The smallest absolute Gasteiger partial charge is 0.139 e. The highest BCUT2D eigenvalue weighted by molar-refractivity contribution is 9.10. The fourth-order valence-corrected chi connectivity index (χ4v) is 2.70. The number of halogens is 3. The van der Waals surface area contributed by atoms with Gasteiger partial charge in [-0.1, -0.05) is 6.07 Å². The van der Waals surface area contributed by atoms with Gasteiger partial charge in [0.1, 0.15) is 17.5 Å². The Morgan fingerprint density at radius 3 is 2.78 bits per heavy atom. The molecular formula is C12H10BrF2N3. The Bertz CT molecular complexity index is 577. The molecule has 3 rings (SSSR count). The van der Waals surface area contributed by atoms with Gasteiger partial charge in [-0.15, -0.1) is 0 Å². The molecule has 1 atom stereocenters. The van der Waals surface area contributed by atoms with E-state index in [1.807, 2.05) is 0 Å². The second-order valence-corrected chi connectivity index (χ2v) is 5.01. The number of aromatic nitrogens is 2. The van der Waals surface area contributed by atoms with E-state index in [4.69, 9.17) is 0 Å². The number of hydrogen-bond acceptors (Lipinski definition) is 2. The highest BCUT2D eigenvalue weighted by atomic mass is 79.9. The summed E-state index contributed by atoms with van der Waals surface area (Å²) < 4.78 is 30.1. The third-order valence-electron chi connectivity index (χ3n) is 3.09. The predicted octanol–water partition coefficient (Wildman–Crippen LogP) is 3.33. The molecule has 2 aromatic rings. The Kier molecular flexibility index (Phi) is 2.81. The Labute approximate surface area is 111 Å². The van der Waals surface area contributed by atoms with Gasteiger partial charge in [0.15, 0.2) is 0 Å². The number of nitrogens with zero attached hydrogens (tertiary/aromatic N) is 2. The fraction of sp³-hybridized carbons (Fsp3) is 0.250. The molecule has 0 radical (unpaired) electrons. The van der Waals surface area contributed by atoms with E-state index in [1.165, 1.54) is 18.2 Å². The first-order valence-corrected chi connectivity index (χ1v) is 6.38. The van der Waals surface area contributed by atoms with E-state index in [0.29, 0.717) is 13.0 Å². The minimum absolute atomic E-state index is 0.0795. The molecule has 0 fully saturated rings. The second-order valence-electron chi connectivity index (χ2n) is 4.15. The van der Waals surface area contributed by atoms with Crippen LogP contribution >= 0.6 is 15.9 Å². The standard InChI is InChI=1S/C12H10BrF2N3/c13-7-6-17-18-10(4-5-16-12(7)18)11-8(14)2-1-3-9(11)15/h1-3,6,10,16H,4-5H2. The average Bonchev–Trinajstić information content (AvgIpc) is 2.72. The Morgan fingerprint density at radius 2 is 2.06 bits per heavy atom. The van der Waals surface area contributed by atoms with Gasteiger partial charge in [-0.3, -0.25) is 0 Å². The molecule has 6 heteroatoms. The van der Waals surface area contributed by atoms with Crippen LogP contribution in [0.2, 0.25) is 0 Å². The highest BCUT2D eigenvalue weighted by Crippen LogP contribution is 2.35. The Hall–Kier alpha value is -1.43. The quantitative estimate of drug-likeness (QED) is 0.875. The van der Waals surface area contributed by atoms with Crippen molar-refractivity contribution in [2.45, 2.75) is 12.5 Å². The van der Waals surface area contributed by atoms with Gasteiger partial charge >= 0.3 is 0 Å². The molecule has 1 aliphatic rings. The van der Waals surface area contributed by atoms with Gasteiger partial charge < -0.3 is 5.32 Å². The molecule has 94 valence electrons. The second kappa shape index (κ2) is 4.35. The Morgan fingerprint density at radius 1 is 1.33 bits per heavy atom. The van der Waals surface area contributed by atoms with Crippen molar-refractivity contribution in [1.82, 2.24) is 9.78 Å². The van der Waals surface area contributed by atoms with Gasteiger partial charge in [-0.2, -0.15) is 5.10 Å². The van der Waals surface area contributed by atoms with Crippen LogP contribution in [0, 0.1) is 11.6 Å². The van der Waals surface area contributed by atoms with Crippen molar-refractivity contribution in [3.8, 4) is 0 Å². The lowest BCUT2D eigenvalue weighted by molar-refractivity contribution is 0.433. The molecule has 1 unspecified atom stereocenters. The summed E-state index contributed by atoms with van der Waals surface area (Å²) in [5, 5.41) is 7.33. The van der Waals surface area contributed by atoms with Crippen molar-refractivity contribution in [2.24, 2.45) is 0 Å². The predicted molar refractivity (Wildman–Crippen MR) is 67.5 cm³/mol. The van der Waals surface area contributed by atoms with Crippen molar-refractivity contribution in [3.05, 3.63) is 46.1 Å². The van der Waals surface area contributed by atoms with E-state index in [9.17, 15) is 8.78 Å². The zero-order valence-electron chi connectivity index (χ0n) is 9.33. The summed E-state index contributed by atoms with van der Waals surface area (Å²) >= 11 is 3.36. The van der Waals surface area contributed by atoms with E-state index >= 15 is 0 Å². The maximum absolute atomic E-state index is 13.8. The molecule has 1 N–H and O–H groups in total. The molecule has 1 aromatic heterocycles. The van der Waals surface area contributed by atoms with Gasteiger partial charge in [-0.25, -0.2) is 13.5 Å². The molecule has 0 saturated heterocycles. The van der Waals surface area contributed by atoms with Crippen LogP contribution < -0.4 is 5.32 Å². The SMILES string of the molecule is Fc1cccc(F)c1C1CCNc2c(Br)cnn21. The van der Waals surface area contributed by atoms with E-state index in [-0.39, 0.29) is 5.56 Å². The number of fused-ring (bicyclic) bond motifs is 1. The van der Waals surface area contributed by atoms with Gasteiger partial charge in [0.05, 0.1) is 16.7 Å². The molecular weight excluding hydrogens is 304 g/mol. The van der Waals surface area contributed by atoms with Crippen LogP contribution in [0.15, 0.2) is 28.9 Å². The minimum atomic E-state index is -0.528. The van der Waals surface area contributed by atoms with Crippen LogP contribution in [-0.4, -0.2) is 16.3 Å². The number of nitrogens with one attached hydrogen (secondary N) is 1. The van der Waals surface area contributed by atoms with Crippen LogP contribution in [-0.2, 0) is 0 Å². The molecule has 1 aromatic carbocycles. The molecule has 18 heavy (non-hydrogen) atoms. The van der Waals surface area contributed by atoms with Gasteiger partial charge in [0.2, 0.25) is 0 Å². The zero-order valence-corrected chi connectivity index (χ0v) is 10.9. The summed E-state index contributed by atoms with van der Waals surface area (Å²) in [5.41, 5.74) is 0.0795. The van der Waals surface area contributed by atoms with Crippen LogP contribution in [0.4, 0.5) is 14.6 Å². The summed E-state index contributed by atoms with van der Waals surface area (Å²) in [6, 6.07) is 3.51. The normalized spacial score (nSPS) is 18.3. The third kappa shape index (κ3) is 1.71. The summed E-state index contributed by atoms with van der Waals surface area (Å²) in [4.78, 5) is 0. The Balaban J connectivity index is 2.14. The maximum atomic E-state index is 13.8. The average molecular weight is 314 g/mol. The van der Waals surface area contributed by atoms with Crippen molar-refractivity contribution in [2.75, 3.05) is 11.9 Å². The van der Waals surface area contributed by atoms with Crippen LogP contribution in [0.1, 0.15) is 18.0 Å². The number of anilines is 1. The number of hydrogen-bond donors (Lipinski definition) is 1. The first-order chi connectivity index (χ1) is 8.68. The topological polar surface area (TPSA) is 29.9 Å². The molecule has 2 heterocycles. The van der Waals surface area contributed by atoms with Crippen LogP contribution in [0.3, 0.4) is 0 Å². The van der Waals surface area contributed by atoms with E-state index in [1.54, 1.807) is 10.9 Å². The van der Waals surface area contributed by atoms with E-state index in [2.05, 4.69) is 26.3 Å². The molecule has 0 saturated carbocycles. The summed E-state index contributed by atoms with van der Waals surface area (Å²) in [7, 11) is 0.